The molecule has 1 heterocycles. The van der Waals surface area contributed by atoms with Gasteiger partial charge in [0.25, 0.3) is 5.91 Å². The molecule has 3 rings (SSSR count). The fraction of sp³-hybridized carbons (Fsp3) is 0.111. The molecule has 134 valence electrons. The van der Waals surface area contributed by atoms with Crippen molar-refractivity contribution in [2.45, 2.75) is 0 Å². The zero-order valence-corrected chi connectivity index (χ0v) is 16.9. The predicted molar refractivity (Wildman–Crippen MR) is 111 cm³/mol. The van der Waals surface area contributed by atoms with Crippen LogP contribution in [0.5, 0.6) is 11.5 Å². The van der Waals surface area contributed by atoms with Crippen molar-refractivity contribution >= 4 is 63.5 Å². The molecular weight excluding hydrogens is 413 g/mol. The molecule has 4 nitrogen and oxygen atoms in total. The Hall–Kier alpha value is -1.73. The molecule has 1 N–H and O–H groups in total. The van der Waals surface area contributed by atoms with Crippen LogP contribution in [0, 0.1) is 0 Å². The molecule has 2 aromatic rings. The number of methoxy groups -OCH3 is 2. The minimum atomic E-state index is -0.217. The molecule has 0 saturated carbocycles. The standard InChI is InChI=1S/C18H13Cl2NO3S2/c1-23-14-6-9(7-15-17(22)21-18(25)26-15)5-11(16(14)24-2)10-3-4-12(19)13(20)8-10/h3-8H,1-2H3,(H,21,22,25)/b15-7-. The highest BCUT2D eigenvalue weighted by atomic mass is 35.5. The van der Waals surface area contributed by atoms with Gasteiger partial charge in [-0.2, -0.15) is 0 Å². The summed E-state index contributed by atoms with van der Waals surface area (Å²) in [6, 6.07) is 9.00. The van der Waals surface area contributed by atoms with E-state index in [4.69, 9.17) is 44.9 Å². The van der Waals surface area contributed by atoms with Crippen LogP contribution in [-0.2, 0) is 4.79 Å². The van der Waals surface area contributed by atoms with Crippen LogP contribution in [-0.4, -0.2) is 24.4 Å². The van der Waals surface area contributed by atoms with E-state index in [0.29, 0.717) is 30.8 Å². The average Bonchev–Trinajstić information content (AvgIpc) is 2.93. The number of carbonyl (C=O) groups is 1. The number of hydrogen-bond acceptors (Lipinski definition) is 5. The molecule has 1 aliphatic rings. The van der Waals surface area contributed by atoms with Crippen molar-refractivity contribution in [3.8, 4) is 22.6 Å². The third kappa shape index (κ3) is 3.83. The summed E-state index contributed by atoms with van der Waals surface area (Å²) >= 11 is 18.4. The number of thiocarbonyl (C=S) groups is 1. The smallest absolute Gasteiger partial charge is 0.263 e. The van der Waals surface area contributed by atoms with E-state index in [2.05, 4.69) is 5.32 Å². The van der Waals surface area contributed by atoms with Gasteiger partial charge in [-0.3, -0.25) is 4.79 Å². The fourth-order valence-corrected chi connectivity index (χ4v) is 3.86. The lowest BCUT2D eigenvalue weighted by Gasteiger charge is -2.15. The van der Waals surface area contributed by atoms with Crippen LogP contribution in [0.4, 0.5) is 0 Å². The molecule has 0 aromatic heterocycles. The summed E-state index contributed by atoms with van der Waals surface area (Å²) < 4.78 is 11.4. The van der Waals surface area contributed by atoms with E-state index in [0.717, 1.165) is 16.7 Å². The quantitative estimate of drug-likeness (QED) is 0.540. The number of thioether (sulfide) groups is 1. The van der Waals surface area contributed by atoms with Gasteiger partial charge in [0.1, 0.15) is 4.32 Å². The zero-order chi connectivity index (χ0) is 18.8. The second kappa shape index (κ2) is 7.88. The lowest BCUT2D eigenvalue weighted by molar-refractivity contribution is -0.115. The van der Waals surface area contributed by atoms with Crippen molar-refractivity contribution in [3.05, 3.63) is 50.8 Å². The summed E-state index contributed by atoms with van der Waals surface area (Å²) in [7, 11) is 3.12. The van der Waals surface area contributed by atoms with Gasteiger partial charge >= 0.3 is 0 Å². The molecule has 1 amide bonds. The van der Waals surface area contributed by atoms with Gasteiger partial charge in [0.15, 0.2) is 11.5 Å². The van der Waals surface area contributed by atoms with Crippen LogP contribution in [0.15, 0.2) is 35.2 Å². The number of amides is 1. The van der Waals surface area contributed by atoms with E-state index in [1.54, 1.807) is 38.5 Å². The number of nitrogens with one attached hydrogen (secondary N) is 1. The second-order valence-electron chi connectivity index (χ2n) is 5.29. The highest BCUT2D eigenvalue weighted by molar-refractivity contribution is 8.26. The predicted octanol–water partition coefficient (Wildman–Crippen LogP) is 5.17. The first kappa shape index (κ1) is 19.0. The Morgan fingerprint density at radius 1 is 1.12 bits per heavy atom. The van der Waals surface area contributed by atoms with Crippen molar-refractivity contribution in [3.63, 3.8) is 0 Å². The second-order valence-corrected chi connectivity index (χ2v) is 7.82. The minimum absolute atomic E-state index is 0.217. The van der Waals surface area contributed by atoms with Gasteiger partial charge in [0.05, 0.1) is 29.2 Å². The average molecular weight is 426 g/mol. The SMILES string of the molecule is COc1cc(/C=C2\SC(=S)NC2=O)cc(-c2ccc(Cl)c(Cl)c2)c1OC. The number of rotatable bonds is 4. The molecule has 1 fully saturated rings. The van der Waals surface area contributed by atoms with Crippen molar-refractivity contribution in [2.24, 2.45) is 0 Å². The Morgan fingerprint density at radius 2 is 1.88 bits per heavy atom. The molecule has 0 bridgehead atoms. The summed E-state index contributed by atoms with van der Waals surface area (Å²) in [5, 5.41) is 3.50. The van der Waals surface area contributed by atoms with Crippen molar-refractivity contribution in [2.75, 3.05) is 14.2 Å². The molecule has 1 saturated heterocycles. The van der Waals surface area contributed by atoms with Crippen LogP contribution in [0.3, 0.4) is 0 Å². The molecule has 1 aliphatic heterocycles. The zero-order valence-electron chi connectivity index (χ0n) is 13.8. The van der Waals surface area contributed by atoms with Gasteiger partial charge < -0.3 is 14.8 Å². The first-order valence-electron chi connectivity index (χ1n) is 7.39. The normalized spacial score (nSPS) is 15.3. The molecule has 0 aliphatic carbocycles. The van der Waals surface area contributed by atoms with E-state index >= 15 is 0 Å². The van der Waals surface area contributed by atoms with Gasteiger partial charge in [-0.05, 0) is 41.5 Å². The van der Waals surface area contributed by atoms with Crippen molar-refractivity contribution < 1.29 is 14.3 Å². The van der Waals surface area contributed by atoms with E-state index < -0.39 is 0 Å². The number of benzene rings is 2. The number of halogens is 2. The number of ether oxygens (including phenoxy) is 2. The molecule has 26 heavy (non-hydrogen) atoms. The maximum atomic E-state index is 11.9. The number of hydrogen-bond donors (Lipinski definition) is 1. The highest BCUT2D eigenvalue weighted by Crippen LogP contribution is 2.41. The van der Waals surface area contributed by atoms with Gasteiger partial charge in [0.2, 0.25) is 0 Å². The molecule has 0 radical (unpaired) electrons. The Labute approximate surface area is 170 Å². The monoisotopic (exact) mass is 425 g/mol. The molecule has 0 atom stereocenters. The Kier molecular flexibility index (Phi) is 5.77. The number of carbonyl (C=O) groups excluding carboxylic acids is 1. The largest absolute Gasteiger partial charge is 0.493 e. The summed E-state index contributed by atoms with van der Waals surface area (Å²) in [5.41, 5.74) is 2.35. The minimum Gasteiger partial charge on any atom is -0.493 e. The van der Waals surface area contributed by atoms with E-state index in [1.165, 1.54) is 11.8 Å². The third-order valence-corrected chi connectivity index (χ3v) is 5.57. The summed E-state index contributed by atoms with van der Waals surface area (Å²) in [6.45, 7) is 0. The molecule has 8 heteroatoms. The van der Waals surface area contributed by atoms with Crippen molar-refractivity contribution in [1.29, 1.82) is 0 Å². The van der Waals surface area contributed by atoms with Crippen molar-refractivity contribution in [1.82, 2.24) is 5.32 Å². The van der Waals surface area contributed by atoms with Gasteiger partial charge in [0, 0.05) is 5.56 Å². The van der Waals surface area contributed by atoms with E-state index in [1.807, 2.05) is 12.1 Å². The molecular formula is C18H13Cl2NO3S2. The Bertz CT molecular complexity index is 944. The molecule has 2 aromatic carbocycles. The summed E-state index contributed by atoms with van der Waals surface area (Å²) in [4.78, 5) is 12.4. The maximum absolute atomic E-state index is 11.9. The Balaban J connectivity index is 2.16. The first-order chi connectivity index (χ1) is 12.4. The molecule has 0 spiro atoms. The van der Waals surface area contributed by atoms with E-state index in [9.17, 15) is 4.79 Å². The summed E-state index contributed by atoms with van der Waals surface area (Å²) in [5.74, 6) is 0.881. The Morgan fingerprint density at radius 3 is 2.46 bits per heavy atom. The van der Waals surface area contributed by atoms with Gasteiger partial charge in [-0.1, -0.05) is 53.2 Å². The van der Waals surface area contributed by atoms with Gasteiger partial charge in [-0.25, -0.2) is 0 Å². The summed E-state index contributed by atoms with van der Waals surface area (Å²) in [6.07, 6.45) is 1.75. The fourth-order valence-electron chi connectivity index (χ4n) is 2.52. The van der Waals surface area contributed by atoms with Crippen LogP contribution >= 0.6 is 47.2 Å². The highest BCUT2D eigenvalue weighted by Gasteiger charge is 2.23. The molecule has 0 unspecified atom stereocenters. The lowest BCUT2D eigenvalue weighted by atomic mass is 10.0. The van der Waals surface area contributed by atoms with Crippen LogP contribution < -0.4 is 14.8 Å². The topological polar surface area (TPSA) is 47.6 Å². The van der Waals surface area contributed by atoms with Crippen LogP contribution in [0.2, 0.25) is 10.0 Å². The van der Waals surface area contributed by atoms with E-state index in [-0.39, 0.29) is 5.91 Å². The third-order valence-electron chi connectivity index (χ3n) is 3.67. The lowest BCUT2D eigenvalue weighted by Crippen LogP contribution is -2.17. The van der Waals surface area contributed by atoms with Crippen LogP contribution in [0.1, 0.15) is 5.56 Å². The first-order valence-corrected chi connectivity index (χ1v) is 9.37. The van der Waals surface area contributed by atoms with Crippen LogP contribution in [0.25, 0.3) is 17.2 Å². The van der Waals surface area contributed by atoms with Gasteiger partial charge in [-0.15, -0.1) is 0 Å². The maximum Gasteiger partial charge on any atom is 0.263 e.